The molecule has 0 saturated carbocycles. The van der Waals surface area contributed by atoms with Gasteiger partial charge in [0.25, 0.3) is 0 Å². The fourth-order valence-electron chi connectivity index (χ4n) is 1.89. The Labute approximate surface area is 95.9 Å². The molecule has 0 amide bonds. The molecule has 2 rings (SSSR count). The van der Waals surface area contributed by atoms with Gasteiger partial charge < -0.3 is 10.3 Å². The average Bonchev–Trinajstić information content (AvgIpc) is 2.79. The molecule has 0 fully saturated rings. The third-order valence-corrected chi connectivity index (χ3v) is 2.65. The predicted molar refractivity (Wildman–Crippen MR) is 65.0 cm³/mol. The van der Waals surface area contributed by atoms with Gasteiger partial charge >= 0.3 is 0 Å². The lowest BCUT2D eigenvalue weighted by atomic mass is 10.0. The van der Waals surface area contributed by atoms with Crippen LogP contribution in [0.3, 0.4) is 0 Å². The molecular formula is C13H16N3. The maximum Gasteiger partial charge on any atom is 0.0951 e. The Bertz CT molecular complexity index is 434. The fraction of sp³-hybridized carbons (Fsp3) is 0.308. The van der Waals surface area contributed by atoms with Gasteiger partial charge in [0.15, 0.2) is 0 Å². The van der Waals surface area contributed by atoms with E-state index in [1.807, 2.05) is 30.7 Å². The van der Waals surface area contributed by atoms with Gasteiger partial charge in [0.1, 0.15) is 0 Å². The first-order valence-electron chi connectivity index (χ1n) is 5.56. The second-order valence-electron chi connectivity index (χ2n) is 3.89. The zero-order valence-corrected chi connectivity index (χ0v) is 9.43. The molecule has 83 valence electrons. The maximum atomic E-state index is 5.80. The van der Waals surface area contributed by atoms with Crippen LogP contribution < -0.4 is 5.73 Å². The molecule has 16 heavy (non-hydrogen) atoms. The Morgan fingerprint density at radius 3 is 3.06 bits per heavy atom. The number of anilines is 1. The lowest BCUT2D eigenvalue weighted by molar-refractivity contribution is 0.532. The molecule has 2 aromatic rings. The van der Waals surface area contributed by atoms with E-state index >= 15 is 0 Å². The molecule has 1 unspecified atom stereocenters. The summed E-state index contributed by atoms with van der Waals surface area (Å²) < 4.78 is 2.11. The lowest BCUT2D eigenvalue weighted by Gasteiger charge is -2.18. The van der Waals surface area contributed by atoms with Crippen LogP contribution in [0.1, 0.15) is 31.4 Å². The summed E-state index contributed by atoms with van der Waals surface area (Å²) in [6, 6.07) is 9.27. The van der Waals surface area contributed by atoms with E-state index in [2.05, 4.69) is 22.5 Å². The minimum Gasteiger partial charge on any atom is -0.399 e. The molecular weight excluding hydrogens is 198 g/mol. The monoisotopic (exact) mass is 214 g/mol. The number of rotatable bonds is 4. The largest absolute Gasteiger partial charge is 0.399 e. The van der Waals surface area contributed by atoms with Crippen molar-refractivity contribution in [3.63, 3.8) is 0 Å². The van der Waals surface area contributed by atoms with Crippen molar-refractivity contribution in [3.05, 3.63) is 48.5 Å². The summed E-state index contributed by atoms with van der Waals surface area (Å²) in [5.41, 5.74) is 7.71. The zero-order valence-electron chi connectivity index (χ0n) is 9.43. The van der Waals surface area contributed by atoms with E-state index < -0.39 is 0 Å². The first kappa shape index (κ1) is 10.7. The van der Waals surface area contributed by atoms with E-state index in [9.17, 15) is 0 Å². The molecule has 1 atom stereocenters. The molecule has 1 aromatic carbocycles. The maximum absolute atomic E-state index is 5.80. The Morgan fingerprint density at radius 1 is 1.56 bits per heavy atom. The van der Waals surface area contributed by atoms with Crippen molar-refractivity contribution in [1.82, 2.24) is 9.55 Å². The van der Waals surface area contributed by atoms with Crippen molar-refractivity contribution < 1.29 is 0 Å². The van der Waals surface area contributed by atoms with Crippen LogP contribution in [-0.2, 0) is 0 Å². The minimum absolute atomic E-state index is 0.288. The summed E-state index contributed by atoms with van der Waals surface area (Å²) in [7, 11) is 0. The molecule has 0 spiro atoms. The number of nitrogens with two attached hydrogens (primary N) is 1. The van der Waals surface area contributed by atoms with Gasteiger partial charge in [0.05, 0.1) is 12.4 Å². The number of nitrogen functional groups attached to an aromatic ring is 1. The van der Waals surface area contributed by atoms with Crippen molar-refractivity contribution in [2.45, 2.75) is 25.8 Å². The number of aromatic nitrogens is 2. The Balaban J connectivity index is 2.33. The summed E-state index contributed by atoms with van der Waals surface area (Å²) in [5.74, 6) is 0. The molecule has 0 bridgehead atoms. The number of imidazole rings is 1. The van der Waals surface area contributed by atoms with E-state index in [-0.39, 0.29) is 6.04 Å². The van der Waals surface area contributed by atoms with Crippen LogP contribution in [0.5, 0.6) is 0 Å². The molecule has 1 heterocycles. The van der Waals surface area contributed by atoms with Crippen molar-refractivity contribution in [2.75, 3.05) is 5.73 Å². The topological polar surface area (TPSA) is 43.8 Å². The third-order valence-electron chi connectivity index (χ3n) is 2.65. The Kier molecular flexibility index (Phi) is 3.25. The minimum atomic E-state index is 0.288. The van der Waals surface area contributed by atoms with Crippen molar-refractivity contribution in [3.8, 4) is 0 Å². The quantitative estimate of drug-likeness (QED) is 0.795. The molecule has 0 aliphatic rings. The van der Waals surface area contributed by atoms with Gasteiger partial charge in [0.2, 0.25) is 0 Å². The number of hydrogen-bond donors (Lipinski definition) is 1. The first-order chi connectivity index (χ1) is 7.81. The molecule has 0 saturated heterocycles. The average molecular weight is 214 g/mol. The van der Waals surface area contributed by atoms with E-state index in [0.717, 1.165) is 24.1 Å². The van der Waals surface area contributed by atoms with Gasteiger partial charge in [-0.3, -0.25) is 0 Å². The summed E-state index contributed by atoms with van der Waals surface area (Å²) in [4.78, 5) is 4.09. The smallest absolute Gasteiger partial charge is 0.0951 e. The number of hydrogen-bond acceptors (Lipinski definition) is 2. The van der Waals surface area contributed by atoms with Crippen LogP contribution in [-0.4, -0.2) is 9.55 Å². The lowest BCUT2D eigenvalue weighted by Crippen LogP contribution is -2.09. The SMILES string of the molecule is CCCC(c1[c]ccc(N)c1)n1ccnc1. The van der Waals surface area contributed by atoms with Gasteiger partial charge in [-0.2, -0.15) is 0 Å². The standard InChI is InChI=1S/C13H16N3/c1-2-4-13(16-8-7-15-10-16)11-5-3-6-12(14)9-11/h3,6-10,13H,2,4,14H2,1H3. The highest BCUT2D eigenvalue weighted by Crippen LogP contribution is 2.24. The molecule has 1 aromatic heterocycles. The third kappa shape index (κ3) is 2.24. The molecule has 3 nitrogen and oxygen atoms in total. The predicted octanol–water partition coefficient (Wildman–Crippen LogP) is 2.65. The van der Waals surface area contributed by atoms with Gasteiger partial charge in [-0.15, -0.1) is 0 Å². The van der Waals surface area contributed by atoms with Gasteiger partial charge in [0, 0.05) is 18.1 Å². The molecule has 2 N–H and O–H groups in total. The normalized spacial score (nSPS) is 12.6. The highest BCUT2D eigenvalue weighted by molar-refractivity contribution is 5.41. The highest BCUT2D eigenvalue weighted by atomic mass is 15.0. The van der Waals surface area contributed by atoms with Gasteiger partial charge in [-0.1, -0.05) is 19.4 Å². The Hall–Kier alpha value is -1.77. The van der Waals surface area contributed by atoms with Crippen molar-refractivity contribution >= 4 is 5.69 Å². The second kappa shape index (κ2) is 4.84. The molecule has 0 aliphatic carbocycles. The second-order valence-corrected chi connectivity index (χ2v) is 3.89. The Morgan fingerprint density at radius 2 is 2.44 bits per heavy atom. The van der Waals surface area contributed by atoms with Crippen LogP contribution in [0.2, 0.25) is 0 Å². The van der Waals surface area contributed by atoms with Crippen molar-refractivity contribution in [1.29, 1.82) is 0 Å². The first-order valence-corrected chi connectivity index (χ1v) is 5.56. The van der Waals surface area contributed by atoms with E-state index in [4.69, 9.17) is 5.73 Å². The van der Waals surface area contributed by atoms with E-state index in [1.54, 1.807) is 6.20 Å². The summed E-state index contributed by atoms with van der Waals surface area (Å²) in [6.45, 7) is 2.18. The van der Waals surface area contributed by atoms with Crippen molar-refractivity contribution in [2.24, 2.45) is 0 Å². The summed E-state index contributed by atoms with van der Waals surface area (Å²) in [5, 5.41) is 0. The molecule has 1 radical (unpaired) electrons. The molecule has 3 heteroatoms. The van der Waals surface area contributed by atoms with Gasteiger partial charge in [-0.05, 0) is 30.2 Å². The summed E-state index contributed by atoms with van der Waals surface area (Å²) in [6.07, 6.45) is 7.81. The van der Waals surface area contributed by atoms with Crippen LogP contribution in [0.4, 0.5) is 5.69 Å². The van der Waals surface area contributed by atoms with Crippen LogP contribution in [0.25, 0.3) is 0 Å². The molecule has 0 aliphatic heterocycles. The van der Waals surface area contributed by atoms with Crippen LogP contribution >= 0.6 is 0 Å². The van der Waals surface area contributed by atoms with E-state index in [0.29, 0.717) is 0 Å². The van der Waals surface area contributed by atoms with Crippen LogP contribution in [0, 0.1) is 6.07 Å². The van der Waals surface area contributed by atoms with Crippen LogP contribution in [0.15, 0.2) is 36.9 Å². The highest BCUT2D eigenvalue weighted by Gasteiger charge is 2.12. The van der Waals surface area contributed by atoms with E-state index in [1.165, 1.54) is 0 Å². The van der Waals surface area contributed by atoms with Gasteiger partial charge in [-0.25, -0.2) is 4.98 Å². The zero-order chi connectivity index (χ0) is 11.4. The summed E-state index contributed by atoms with van der Waals surface area (Å²) >= 11 is 0. The number of nitrogens with zero attached hydrogens (tertiary/aromatic N) is 2. The number of benzene rings is 1. The fourth-order valence-corrected chi connectivity index (χ4v) is 1.89.